The van der Waals surface area contributed by atoms with Gasteiger partial charge in [-0.1, -0.05) is 12.1 Å². The number of para-hydroxylation sites is 1. The van der Waals surface area contributed by atoms with Crippen LogP contribution in [0, 0.1) is 6.92 Å². The molecule has 24 heavy (non-hydrogen) atoms. The molecule has 5 nitrogen and oxygen atoms in total. The number of phenols is 1. The van der Waals surface area contributed by atoms with Crippen LogP contribution in [0.5, 0.6) is 5.75 Å². The molecule has 0 radical (unpaired) electrons. The normalized spacial score (nSPS) is 15.0. The zero-order valence-corrected chi connectivity index (χ0v) is 13.7. The summed E-state index contributed by atoms with van der Waals surface area (Å²) >= 11 is 0. The summed E-state index contributed by atoms with van der Waals surface area (Å²) in [6.07, 6.45) is 0. The topological polar surface area (TPSA) is 61.3 Å². The van der Waals surface area contributed by atoms with Crippen molar-refractivity contribution in [1.29, 1.82) is 0 Å². The number of aryl methyl sites for hydroxylation is 1. The Morgan fingerprint density at radius 1 is 1.04 bits per heavy atom. The second-order valence-electron chi connectivity index (χ2n) is 6.18. The summed E-state index contributed by atoms with van der Waals surface area (Å²) in [5, 5.41) is 23.2. The van der Waals surface area contributed by atoms with Gasteiger partial charge in [0.05, 0.1) is 11.2 Å². The third kappa shape index (κ3) is 2.67. The Kier molecular flexibility index (Phi) is 3.78. The summed E-state index contributed by atoms with van der Waals surface area (Å²) in [6.45, 7) is 6.14. The highest BCUT2D eigenvalue weighted by atomic mass is 16.3. The maximum absolute atomic E-state index is 10.0. The van der Waals surface area contributed by atoms with E-state index in [9.17, 15) is 5.11 Å². The smallest absolute Gasteiger partial charge is 0.125 e. The van der Waals surface area contributed by atoms with Gasteiger partial charge in [-0.25, -0.2) is 0 Å². The van der Waals surface area contributed by atoms with E-state index in [1.165, 1.54) is 11.3 Å². The summed E-state index contributed by atoms with van der Waals surface area (Å²) in [5.41, 5.74) is 4.66. The van der Waals surface area contributed by atoms with Crippen LogP contribution in [0.25, 0.3) is 22.2 Å². The van der Waals surface area contributed by atoms with Crippen LogP contribution in [-0.4, -0.2) is 41.5 Å². The Bertz CT molecular complexity index is 888. The molecule has 5 heteroatoms. The lowest BCUT2D eigenvalue weighted by atomic mass is 10.0. The number of anilines is 1. The van der Waals surface area contributed by atoms with E-state index in [-0.39, 0.29) is 5.75 Å². The molecule has 122 valence electrons. The van der Waals surface area contributed by atoms with Crippen molar-refractivity contribution in [3.8, 4) is 17.0 Å². The fraction of sp³-hybridized carbons (Fsp3) is 0.263. The molecule has 0 atom stereocenters. The minimum absolute atomic E-state index is 0.223. The number of nitrogens with one attached hydrogen (secondary N) is 1. The van der Waals surface area contributed by atoms with Gasteiger partial charge in [-0.3, -0.25) is 0 Å². The first-order valence-electron chi connectivity index (χ1n) is 8.24. The highest BCUT2D eigenvalue weighted by Gasteiger charge is 2.14. The zero-order valence-electron chi connectivity index (χ0n) is 13.7. The number of fused-ring (bicyclic) bond motifs is 1. The summed E-state index contributed by atoms with van der Waals surface area (Å²) in [7, 11) is 0. The number of piperazine rings is 1. The third-order valence-electron chi connectivity index (χ3n) is 4.56. The van der Waals surface area contributed by atoms with Gasteiger partial charge in [0, 0.05) is 42.8 Å². The van der Waals surface area contributed by atoms with Crippen molar-refractivity contribution < 1.29 is 5.11 Å². The first-order valence-corrected chi connectivity index (χ1v) is 8.24. The van der Waals surface area contributed by atoms with Gasteiger partial charge in [-0.2, -0.15) is 0 Å². The maximum atomic E-state index is 10.0. The van der Waals surface area contributed by atoms with Crippen LogP contribution in [0.3, 0.4) is 0 Å². The highest BCUT2D eigenvalue weighted by Crippen LogP contribution is 2.31. The SMILES string of the molecule is Cc1cc(N2CCNCC2)cc2nnc(-c3ccccc3O)cc12. The van der Waals surface area contributed by atoms with Crippen LogP contribution in [0.1, 0.15) is 5.56 Å². The minimum Gasteiger partial charge on any atom is -0.507 e. The van der Waals surface area contributed by atoms with Crippen molar-refractivity contribution in [2.45, 2.75) is 6.92 Å². The van der Waals surface area contributed by atoms with E-state index in [1.807, 2.05) is 18.2 Å². The summed E-state index contributed by atoms with van der Waals surface area (Å²) in [5.74, 6) is 0.223. The monoisotopic (exact) mass is 320 g/mol. The van der Waals surface area contributed by atoms with Crippen LogP contribution in [0.2, 0.25) is 0 Å². The fourth-order valence-electron chi connectivity index (χ4n) is 3.23. The molecule has 3 aromatic rings. The number of benzene rings is 2. The molecule has 1 aliphatic heterocycles. The average Bonchev–Trinajstić information content (AvgIpc) is 2.63. The van der Waals surface area contributed by atoms with Gasteiger partial charge in [0.15, 0.2) is 0 Å². The molecule has 2 N–H and O–H groups in total. The number of rotatable bonds is 2. The number of aromatic hydroxyl groups is 1. The van der Waals surface area contributed by atoms with Crippen molar-refractivity contribution in [2.75, 3.05) is 31.1 Å². The first-order chi connectivity index (χ1) is 11.7. The number of hydrogen-bond acceptors (Lipinski definition) is 5. The Balaban J connectivity index is 1.78. The minimum atomic E-state index is 0.223. The van der Waals surface area contributed by atoms with Crippen LogP contribution < -0.4 is 10.2 Å². The Morgan fingerprint density at radius 3 is 2.62 bits per heavy atom. The molecule has 1 saturated heterocycles. The largest absolute Gasteiger partial charge is 0.507 e. The van der Waals surface area contributed by atoms with Crippen molar-refractivity contribution in [3.63, 3.8) is 0 Å². The van der Waals surface area contributed by atoms with E-state index < -0.39 is 0 Å². The summed E-state index contributed by atoms with van der Waals surface area (Å²) in [4.78, 5) is 2.38. The fourth-order valence-corrected chi connectivity index (χ4v) is 3.23. The molecule has 0 unspecified atom stereocenters. The van der Waals surface area contributed by atoms with E-state index in [0.29, 0.717) is 11.3 Å². The quantitative estimate of drug-likeness (QED) is 0.760. The van der Waals surface area contributed by atoms with E-state index >= 15 is 0 Å². The lowest BCUT2D eigenvalue weighted by Gasteiger charge is -2.29. The first kappa shape index (κ1) is 14.9. The molecule has 0 aliphatic carbocycles. The molecule has 0 amide bonds. The maximum Gasteiger partial charge on any atom is 0.125 e. The molecule has 1 aromatic heterocycles. The van der Waals surface area contributed by atoms with Crippen LogP contribution in [0.15, 0.2) is 42.5 Å². The lowest BCUT2D eigenvalue weighted by molar-refractivity contribution is 0.477. The van der Waals surface area contributed by atoms with Gasteiger partial charge in [-0.05, 0) is 42.8 Å². The van der Waals surface area contributed by atoms with Gasteiger partial charge in [-0.15, -0.1) is 10.2 Å². The second-order valence-corrected chi connectivity index (χ2v) is 6.18. The lowest BCUT2D eigenvalue weighted by Crippen LogP contribution is -2.43. The van der Waals surface area contributed by atoms with Gasteiger partial charge in [0.25, 0.3) is 0 Å². The highest BCUT2D eigenvalue weighted by molar-refractivity contribution is 5.88. The molecule has 1 fully saturated rings. The second kappa shape index (κ2) is 6.09. The van der Waals surface area contributed by atoms with Crippen LogP contribution >= 0.6 is 0 Å². The number of nitrogens with zero attached hydrogens (tertiary/aromatic N) is 3. The molecule has 2 aromatic carbocycles. The summed E-state index contributed by atoms with van der Waals surface area (Å²) < 4.78 is 0. The predicted octanol–water partition coefficient (Wildman–Crippen LogP) is 2.72. The molecule has 0 spiro atoms. The Morgan fingerprint density at radius 2 is 1.83 bits per heavy atom. The summed E-state index contributed by atoms with van der Waals surface area (Å²) in [6, 6.07) is 13.5. The van der Waals surface area contributed by atoms with Gasteiger partial charge >= 0.3 is 0 Å². The predicted molar refractivity (Wildman–Crippen MR) is 96.5 cm³/mol. The van der Waals surface area contributed by atoms with Crippen molar-refractivity contribution in [2.24, 2.45) is 0 Å². The van der Waals surface area contributed by atoms with Crippen molar-refractivity contribution >= 4 is 16.6 Å². The standard InChI is InChI=1S/C19H20N4O/c1-13-10-14(23-8-6-20-7-9-23)11-17-16(13)12-18(22-21-17)15-4-2-3-5-19(15)24/h2-5,10-12,20,24H,6-9H2,1H3. The molecule has 1 aliphatic rings. The molecule has 0 bridgehead atoms. The van der Waals surface area contributed by atoms with E-state index in [2.05, 4.69) is 39.5 Å². The van der Waals surface area contributed by atoms with E-state index in [0.717, 1.165) is 37.1 Å². The Labute approximate surface area is 141 Å². The van der Waals surface area contributed by atoms with Crippen molar-refractivity contribution in [1.82, 2.24) is 15.5 Å². The number of aromatic nitrogens is 2. The molecular formula is C19H20N4O. The van der Waals surface area contributed by atoms with E-state index in [1.54, 1.807) is 12.1 Å². The van der Waals surface area contributed by atoms with Gasteiger partial charge in [0.1, 0.15) is 5.75 Å². The third-order valence-corrected chi connectivity index (χ3v) is 4.56. The van der Waals surface area contributed by atoms with E-state index in [4.69, 9.17) is 0 Å². The molecule has 0 saturated carbocycles. The number of hydrogen-bond donors (Lipinski definition) is 2. The Hall–Kier alpha value is -2.66. The van der Waals surface area contributed by atoms with Crippen LogP contribution in [-0.2, 0) is 0 Å². The van der Waals surface area contributed by atoms with Crippen LogP contribution in [0.4, 0.5) is 5.69 Å². The molecule has 2 heterocycles. The van der Waals surface area contributed by atoms with Crippen molar-refractivity contribution in [3.05, 3.63) is 48.0 Å². The average molecular weight is 320 g/mol. The molecular weight excluding hydrogens is 300 g/mol. The van der Waals surface area contributed by atoms with Gasteiger partial charge < -0.3 is 15.3 Å². The number of phenolic OH excluding ortho intramolecular Hbond substituents is 1. The zero-order chi connectivity index (χ0) is 16.5. The molecule has 4 rings (SSSR count). The van der Waals surface area contributed by atoms with Gasteiger partial charge in [0.2, 0.25) is 0 Å².